The van der Waals surface area contributed by atoms with Gasteiger partial charge in [0.15, 0.2) is 11.5 Å². The van der Waals surface area contributed by atoms with Crippen LogP contribution in [0.25, 0.3) is 5.52 Å². The topological polar surface area (TPSA) is 64.0 Å². The molecule has 1 aliphatic heterocycles. The number of hydrazine groups is 1. The molecule has 11 heteroatoms. The number of nitrogens with one attached hydrogen (secondary N) is 2. The molecule has 212 valence electrons. The van der Waals surface area contributed by atoms with Gasteiger partial charge in [-0.3, -0.25) is 4.90 Å². The highest BCUT2D eigenvalue weighted by Crippen LogP contribution is 2.35. The highest BCUT2D eigenvalue weighted by molar-refractivity contribution is 5.77. The summed E-state index contributed by atoms with van der Waals surface area (Å²) in [6.07, 6.45) is 3.32. The number of halogens is 3. The SMILES string of the molecule is CCNCC(F)(CF)CN(C)Cc1ccn2ncnc(Nc3ccc4c(c3)CN(C)N4Cc3cccc(F)c3)c12. The maximum Gasteiger partial charge on any atom is 0.164 e. The quantitative estimate of drug-likeness (QED) is 0.264. The second kappa shape index (κ2) is 11.8. The van der Waals surface area contributed by atoms with Crippen molar-refractivity contribution in [1.82, 2.24) is 29.8 Å². The molecule has 5 rings (SSSR count). The first-order chi connectivity index (χ1) is 19.3. The minimum atomic E-state index is -1.96. The Morgan fingerprint density at radius 3 is 2.77 bits per heavy atom. The third kappa shape index (κ3) is 6.06. The Hall–Kier alpha value is -3.67. The predicted molar refractivity (Wildman–Crippen MR) is 151 cm³/mol. The number of alkyl halides is 2. The van der Waals surface area contributed by atoms with Gasteiger partial charge < -0.3 is 15.6 Å². The number of hydrogen-bond acceptors (Lipinski definition) is 7. The maximum absolute atomic E-state index is 15.0. The van der Waals surface area contributed by atoms with Crippen LogP contribution in [0.5, 0.6) is 0 Å². The summed E-state index contributed by atoms with van der Waals surface area (Å²) in [5.74, 6) is 0.377. The zero-order valence-corrected chi connectivity index (χ0v) is 23.0. The second-order valence-corrected chi connectivity index (χ2v) is 10.5. The molecule has 0 fully saturated rings. The van der Waals surface area contributed by atoms with E-state index in [9.17, 15) is 8.78 Å². The van der Waals surface area contributed by atoms with E-state index < -0.39 is 12.3 Å². The summed E-state index contributed by atoms with van der Waals surface area (Å²) in [6.45, 7) is 3.00. The van der Waals surface area contributed by atoms with E-state index in [2.05, 4.69) is 36.8 Å². The Labute approximate surface area is 232 Å². The molecule has 3 heterocycles. The lowest BCUT2D eigenvalue weighted by atomic mass is 10.1. The van der Waals surface area contributed by atoms with Gasteiger partial charge in [0, 0.05) is 45.1 Å². The van der Waals surface area contributed by atoms with Crippen molar-refractivity contribution >= 4 is 22.7 Å². The molecule has 1 atom stereocenters. The molecular weight excluding hydrogens is 517 g/mol. The van der Waals surface area contributed by atoms with Gasteiger partial charge >= 0.3 is 0 Å². The van der Waals surface area contributed by atoms with Crippen molar-refractivity contribution in [3.63, 3.8) is 0 Å². The zero-order chi connectivity index (χ0) is 28.3. The largest absolute Gasteiger partial charge is 0.338 e. The molecule has 8 nitrogen and oxygen atoms in total. The van der Waals surface area contributed by atoms with Gasteiger partial charge in [0.2, 0.25) is 0 Å². The average Bonchev–Trinajstić information content (AvgIpc) is 3.48. The van der Waals surface area contributed by atoms with E-state index in [1.54, 1.807) is 28.6 Å². The standard InChI is InChI=1S/C29H35F3N8/c1-4-33-18-29(32,17-30)19-37(2)15-22-10-11-39-27(22)28(34-20-35-39)36-25-8-9-26-23(13-25)16-38(3)40(26)14-21-6-5-7-24(31)12-21/h5-13,20,33H,4,14-19H2,1-3H3,(H,34,35,36). The van der Waals surface area contributed by atoms with Crippen molar-refractivity contribution in [3.05, 3.63) is 83.6 Å². The van der Waals surface area contributed by atoms with Gasteiger partial charge in [0.1, 0.15) is 24.3 Å². The number of hydrogen-bond donors (Lipinski definition) is 2. The summed E-state index contributed by atoms with van der Waals surface area (Å²) < 4.78 is 44.0. The first kappa shape index (κ1) is 27.9. The first-order valence-electron chi connectivity index (χ1n) is 13.4. The molecule has 0 bridgehead atoms. The minimum Gasteiger partial charge on any atom is -0.338 e. The van der Waals surface area contributed by atoms with Gasteiger partial charge in [-0.1, -0.05) is 19.1 Å². The van der Waals surface area contributed by atoms with Crippen LogP contribution in [0.15, 0.2) is 61.1 Å². The van der Waals surface area contributed by atoms with Gasteiger partial charge in [-0.2, -0.15) is 5.10 Å². The lowest BCUT2D eigenvalue weighted by Crippen LogP contribution is -2.47. The monoisotopic (exact) mass is 552 g/mol. The van der Waals surface area contributed by atoms with Crippen LogP contribution in [0, 0.1) is 5.82 Å². The van der Waals surface area contributed by atoms with Crippen LogP contribution in [0.3, 0.4) is 0 Å². The summed E-state index contributed by atoms with van der Waals surface area (Å²) >= 11 is 0. The molecule has 0 saturated heterocycles. The fourth-order valence-corrected chi connectivity index (χ4v) is 5.27. The van der Waals surface area contributed by atoms with Crippen LogP contribution in [-0.4, -0.2) is 70.6 Å². The molecule has 0 saturated carbocycles. The Morgan fingerprint density at radius 1 is 1.15 bits per heavy atom. The van der Waals surface area contributed by atoms with Gasteiger partial charge in [0.05, 0.1) is 12.2 Å². The average molecular weight is 553 g/mol. The van der Waals surface area contributed by atoms with Crippen molar-refractivity contribution in [2.75, 3.05) is 50.7 Å². The number of fused-ring (bicyclic) bond motifs is 2. The van der Waals surface area contributed by atoms with Crippen molar-refractivity contribution in [2.45, 2.75) is 32.2 Å². The van der Waals surface area contributed by atoms with E-state index in [-0.39, 0.29) is 18.9 Å². The molecule has 0 aliphatic carbocycles. The van der Waals surface area contributed by atoms with E-state index in [1.807, 2.05) is 44.4 Å². The van der Waals surface area contributed by atoms with Gasteiger partial charge in [-0.15, -0.1) is 0 Å². The Morgan fingerprint density at radius 2 is 2.00 bits per heavy atom. The molecule has 1 aliphatic rings. The summed E-state index contributed by atoms with van der Waals surface area (Å²) in [5, 5.41) is 14.9. The van der Waals surface area contributed by atoms with Crippen molar-refractivity contribution in [1.29, 1.82) is 0 Å². The normalized spacial score (nSPS) is 15.1. The molecule has 40 heavy (non-hydrogen) atoms. The number of anilines is 3. The van der Waals surface area contributed by atoms with Gasteiger partial charge in [0.25, 0.3) is 0 Å². The molecule has 0 radical (unpaired) electrons. The molecule has 2 aromatic carbocycles. The zero-order valence-electron chi connectivity index (χ0n) is 23.0. The molecule has 0 amide bonds. The molecular formula is C29H35F3N8. The number of rotatable bonds is 12. The van der Waals surface area contributed by atoms with E-state index in [1.165, 1.54) is 12.4 Å². The molecule has 2 aromatic heterocycles. The smallest absolute Gasteiger partial charge is 0.164 e. The minimum absolute atomic E-state index is 0.0377. The predicted octanol–water partition coefficient (Wildman–Crippen LogP) is 4.70. The van der Waals surface area contributed by atoms with Crippen LogP contribution in [0.2, 0.25) is 0 Å². The summed E-state index contributed by atoms with van der Waals surface area (Å²) in [7, 11) is 3.79. The van der Waals surface area contributed by atoms with Gasteiger partial charge in [-0.05, 0) is 66.7 Å². The van der Waals surface area contributed by atoms with Crippen LogP contribution in [-0.2, 0) is 19.6 Å². The molecule has 1 unspecified atom stereocenters. The lowest BCUT2D eigenvalue weighted by Gasteiger charge is -2.28. The summed E-state index contributed by atoms with van der Waals surface area (Å²) in [6, 6.07) is 14.7. The third-order valence-electron chi connectivity index (χ3n) is 7.12. The number of benzene rings is 2. The van der Waals surface area contributed by atoms with Crippen LogP contribution < -0.4 is 15.6 Å². The maximum atomic E-state index is 15.0. The van der Waals surface area contributed by atoms with E-state index in [4.69, 9.17) is 0 Å². The molecule has 0 spiro atoms. The molecule has 2 N–H and O–H groups in total. The second-order valence-electron chi connectivity index (χ2n) is 10.5. The van der Waals surface area contributed by atoms with Crippen LogP contribution in [0.4, 0.5) is 30.4 Å². The highest BCUT2D eigenvalue weighted by Gasteiger charge is 2.31. The fraction of sp³-hybridized carbons (Fsp3) is 0.379. The Kier molecular flexibility index (Phi) is 8.24. The van der Waals surface area contributed by atoms with E-state index in [0.717, 1.165) is 33.6 Å². The van der Waals surface area contributed by atoms with Crippen LogP contribution >= 0.6 is 0 Å². The third-order valence-corrected chi connectivity index (χ3v) is 7.12. The first-order valence-corrected chi connectivity index (χ1v) is 13.4. The number of aromatic nitrogens is 3. The fourth-order valence-electron chi connectivity index (χ4n) is 5.27. The summed E-state index contributed by atoms with van der Waals surface area (Å²) in [4.78, 5) is 6.28. The van der Waals surface area contributed by atoms with E-state index >= 15 is 4.39 Å². The molecule has 4 aromatic rings. The lowest BCUT2D eigenvalue weighted by molar-refractivity contribution is 0.0732. The highest BCUT2D eigenvalue weighted by atomic mass is 19.2. The van der Waals surface area contributed by atoms with Crippen molar-refractivity contribution in [3.8, 4) is 0 Å². The van der Waals surface area contributed by atoms with Crippen molar-refractivity contribution < 1.29 is 13.2 Å². The number of nitrogens with zero attached hydrogens (tertiary/aromatic N) is 6. The van der Waals surface area contributed by atoms with Crippen molar-refractivity contribution in [2.24, 2.45) is 0 Å². The van der Waals surface area contributed by atoms with Gasteiger partial charge in [-0.25, -0.2) is 27.7 Å². The van der Waals surface area contributed by atoms with Crippen LogP contribution in [0.1, 0.15) is 23.6 Å². The summed E-state index contributed by atoms with van der Waals surface area (Å²) in [5.41, 5.74) is 3.68. The Bertz CT molecular complexity index is 1460. The Balaban J connectivity index is 1.34. The van der Waals surface area contributed by atoms with E-state index in [0.29, 0.717) is 32.0 Å².